The second-order valence-corrected chi connectivity index (χ2v) is 8.45. The number of nitrogens with one attached hydrogen (secondary N) is 3. The van der Waals surface area contributed by atoms with Crippen LogP contribution in [-0.2, 0) is 14.8 Å². The Kier molecular flexibility index (Phi) is 8.40. The molecule has 0 aromatic heterocycles. The minimum absolute atomic E-state index is 0.117. The van der Waals surface area contributed by atoms with Gasteiger partial charge in [-0.25, -0.2) is 13.1 Å². The van der Waals surface area contributed by atoms with E-state index in [4.69, 9.17) is 9.47 Å². The lowest BCUT2D eigenvalue weighted by atomic mass is 10.2. The lowest BCUT2D eigenvalue weighted by Gasteiger charge is -2.12. The molecule has 31 heavy (non-hydrogen) atoms. The quantitative estimate of drug-likeness (QED) is 0.502. The van der Waals surface area contributed by atoms with Gasteiger partial charge in [0.05, 0.1) is 18.6 Å². The van der Waals surface area contributed by atoms with Crippen LogP contribution in [0.2, 0.25) is 0 Å². The summed E-state index contributed by atoms with van der Waals surface area (Å²) in [6, 6.07) is 9.74. The maximum Gasteiger partial charge on any atom is 0.269 e. The zero-order valence-corrected chi connectivity index (χ0v) is 18.8. The van der Waals surface area contributed by atoms with E-state index in [0.29, 0.717) is 23.7 Å². The Morgan fingerprint density at radius 1 is 1.00 bits per heavy atom. The van der Waals surface area contributed by atoms with Crippen molar-refractivity contribution in [2.75, 3.05) is 20.3 Å². The van der Waals surface area contributed by atoms with Crippen LogP contribution in [0.1, 0.15) is 34.8 Å². The molecule has 0 aliphatic heterocycles. The minimum Gasteiger partial charge on any atom is -0.493 e. The number of carbonyl (C=O) groups is 2. The summed E-state index contributed by atoms with van der Waals surface area (Å²) >= 11 is 0. The number of amides is 2. The molecule has 0 radical (unpaired) electrons. The van der Waals surface area contributed by atoms with E-state index < -0.39 is 21.8 Å². The van der Waals surface area contributed by atoms with E-state index in [-0.39, 0.29) is 23.4 Å². The topological polar surface area (TPSA) is 123 Å². The molecule has 0 heterocycles. The van der Waals surface area contributed by atoms with Gasteiger partial charge in [0.25, 0.3) is 5.91 Å². The molecule has 168 valence electrons. The van der Waals surface area contributed by atoms with E-state index in [2.05, 4.69) is 15.6 Å². The Hall–Kier alpha value is -3.11. The Morgan fingerprint density at radius 2 is 1.74 bits per heavy atom. The van der Waals surface area contributed by atoms with Gasteiger partial charge in [-0.2, -0.15) is 0 Å². The highest BCUT2D eigenvalue weighted by atomic mass is 32.2. The van der Waals surface area contributed by atoms with Crippen LogP contribution >= 0.6 is 0 Å². The zero-order chi connectivity index (χ0) is 23.0. The molecule has 0 saturated carbocycles. The number of rotatable bonds is 9. The van der Waals surface area contributed by atoms with Gasteiger partial charge in [0.2, 0.25) is 15.9 Å². The highest BCUT2D eigenvalue weighted by Gasteiger charge is 2.17. The number of aryl methyl sites for hydroxylation is 2. The van der Waals surface area contributed by atoms with Crippen LogP contribution in [0.25, 0.3) is 0 Å². The molecule has 0 spiro atoms. The van der Waals surface area contributed by atoms with Crippen LogP contribution in [0.15, 0.2) is 41.3 Å². The molecule has 0 saturated heterocycles. The van der Waals surface area contributed by atoms with Crippen LogP contribution in [0.5, 0.6) is 11.5 Å². The summed E-state index contributed by atoms with van der Waals surface area (Å²) in [5, 5.41) is 0. The van der Waals surface area contributed by atoms with Crippen molar-refractivity contribution >= 4 is 21.8 Å². The highest BCUT2D eigenvalue weighted by Crippen LogP contribution is 2.27. The van der Waals surface area contributed by atoms with Gasteiger partial charge in [-0.15, -0.1) is 0 Å². The van der Waals surface area contributed by atoms with E-state index in [1.165, 1.54) is 19.2 Å². The fourth-order valence-electron chi connectivity index (χ4n) is 2.72. The predicted octanol–water partition coefficient (Wildman–Crippen LogP) is 1.84. The smallest absolute Gasteiger partial charge is 0.269 e. The molecule has 10 heteroatoms. The predicted molar refractivity (Wildman–Crippen MR) is 115 cm³/mol. The van der Waals surface area contributed by atoms with Crippen LogP contribution in [-0.4, -0.2) is 40.5 Å². The fourth-order valence-corrected chi connectivity index (χ4v) is 4.08. The summed E-state index contributed by atoms with van der Waals surface area (Å²) in [6.07, 6.45) is -0.156. The molecular formula is C21H27N3O6S. The normalized spacial score (nSPS) is 11.0. The monoisotopic (exact) mass is 449 g/mol. The lowest BCUT2D eigenvalue weighted by molar-refractivity contribution is -0.121. The Balaban J connectivity index is 1.87. The van der Waals surface area contributed by atoms with E-state index in [1.807, 2.05) is 13.0 Å². The first-order valence-corrected chi connectivity index (χ1v) is 11.1. The third-order valence-corrected chi connectivity index (χ3v) is 5.92. The molecule has 2 amide bonds. The van der Waals surface area contributed by atoms with Gasteiger partial charge in [-0.05, 0) is 56.2 Å². The first-order chi connectivity index (χ1) is 14.7. The molecule has 2 aromatic rings. The summed E-state index contributed by atoms with van der Waals surface area (Å²) in [5.41, 5.74) is 6.23. The molecule has 3 N–H and O–H groups in total. The van der Waals surface area contributed by atoms with Crippen molar-refractivity contribution in [3.63, 3.8) is 0 Å². The van der Waals surface area contributed by atoms with Crippen molar-refractivity contribution in [2.45, 2.75) is 32.1 Å². The Morgan fingerprint density at radius 3 is 2.42 bits per heavy atom. The number of hydrogen-bond acceptors (Lipinski definition) is 6. The molecule has 0 aliphatic carbocycles. The van der Waals surface area contributed by atoms with Crippen molar-refractivity contribution in [1.29, 1.82) is 0 Å². The van der Waals surface area contributed by atoms with Gasteiger partial charge in [0, 0.05) is 18.5 Å². The number of hydrazine groups is 1. The fraction of sp³-hybridized carbons (Fsp3) is 0.333. The van der Waals surface area contributed by atoms with Crippen LogP contribution in [0.4, 0.5) is 0 Å². The number of hydrogen-bond donors (Lipinski definition) is 3. The number of ether oxygens (including phenoxy) is 2. The molecule has 0 bridgehead atoms. The van der Waals surface area contributed by atoms with Crippen molar-refractivity contribution in [2.24, 2.45) is 0 Å². The van der Waals surface area contributed by atoms with Gasteiger partial charge >= 0.3 is 0 Å². The van der Waals surface area contributed by atoms with Crippen LogP contribution < -0.4 is 25.0 Å². The summed E-state index contributed by atoms with van der Waals surface area (Å²) in [5.74, 6) is -0.205. The molecule has 0 fully saturated rings. The lowest BCUT2D eigenvalue weighted by Crippen LogP contribution is -2.42. The number of benzene rings is 2. The zero-order valence-electron chi connectivity index (χ0n) is 17.9. The van der Waals surface area contributed by atoms with Crippen molar-refractivity contribution in [1.82, 2.24) is 15.6 Å². The Bertz CT molecular complexity index is 1050. The standard InChI is InChI=1S/C21H27N3O6S/c1-5-30-17-9-8-16(13-18(17)29-4)21(26)24-23-20(25)10-11-22-31(27,28)19-12-14(2)6-7-15(19)3/h6-9,12-13,22H,5,10-11H2,1-4H3,(H,23,25)(H,24,26). The number of sulfonamides is 1. The largest absolute Gasteiger partial charge is 0.493 e. The van der Waals surface area contributed by atoms with Gasteiger partial charge < -0.3 is 9.47 Å². The van der Waals surface area contributed by atoms with E-state index in [9.17, 15) is 18.0 Å². The maximum atomic E-state index is 12.4. The number of methoxy groups -OCH3 is 1. The van der Waals surface area contributed by atoms with Crippen molar-refractivity contribution < 1.29 is 27.5 Å². The second-order valence-electron chi connectivity index (χ2n) is 6.72. The Labute approximate surface area is 182 Å². The summed E-state index contributed by atoms with van der Waals surface area (Å²) < 4.78 is 37.9. The van der Waals surface area contributed by atoms with Gasteiger partial charge in [-0.3, -0.25) is 20.4 Å². The van der Waals surface area contributed by atoms with Gasteiger partial charge in [-0.1, -0.05) is 12.1 Å². The first kappa shape index (κ1) is 24.2. The third-order valence-electron chi connectivity index (χ3n) is 4.32. The summed E-state index contributed by atoms with van der Waals surface area (Å²) in [7, 11) is -2.28. The minimum atomic E-state index is -3.74. The first-order valence-electron chi connectivity index (χ1n) is 9.65. The maximum absolute atomic E-state index is 12.4. The molecular weight excluding hydrogens is 422 g/mol. The molecule has 2 rings (SSSR count). The summed E-state index contributed by atoms with van der Waals surface area (Å²) in [6.45, 7) is 5.66. The average Bonchev–Trinajstić information content (AvgIpc) is 2.74. The molecule has 0 atom stereocenters. The molecule has 2 aromatic carbocycles. The van der Waals surface area contributed by atoms with E-state index >= 15 is 0 Å². The SMILES string of the molecule is CCOc1ccc(C(=O)NNC(=O)CCNS(=O)(=O)c2cc(C)ccc2C)cc1OC. The van der Waals surface area contributed by atoms with Crippen molar-refractivity contribution in [3.05, 3.63) is 53.1 Å². The van der Waals surface area contributed by atoms with Crippen molar-refractivity contribution in [3.8, 4) is 11.5 Å². The molecule has 9 nitrogen and oxygen atoms in total. The summed E-state index contributed by atoms with van der Waals surface area (Å²) in [4.78, 5) is 24.4. The molecule has 0 aliphatic rings. The van der Waals surface area contributed by atoms with E-state index in [1.54, 1.807) is 32.0 Å². The van der Waals surface area contributed by atoms with E-state index in [0.717, 1.165) is 5.56 Å². The van der Waals surface area contributed by atoms with Crippen LogP contribution in [0.3, 0.4) is 0 Å². The molecule has 0 unspecified atom stereocenters. The third kappa shape index (κ3) is 6.69. The number of carbonyl (C=O) groups excluding carboxylic acids is 2. The average molecular weight is 450 g/mol. The highest BCUT2D eigenvalue weighted by molar-refractivity contribution is 7.89. The van der Waals surface area contributed by atoms with Gasteiger partial charge in [0.15, 0.2) is 11.5 Å². The van der Waals surface area contributed by atoms with Gasteiger partial charge in [0.1, 0.15) is 0 Å². The van der Waals surface area contributed by atoms with Crippen LogP contribution in [0, 0.1) is 13.8 Å². The second kappa shape index (κ2) is 10.8.